The van der Waals surface area contributed by atoms with Crippen molar-refractivity contribution in [2.24, 2.45) is 0 Å². The maximum atomic E-state index is 11.6. The number of ether oxygens (including phenoxy) is 1. The largest absolute Gasteiger partial charge is 0.460 e. The molecule has 0 aliphatic carbocycles. The third-order valence-corrected chi connectivity index (χ3v) is 2.85. The fourth-order valence-corrected chi connectivity index (χ4v) is 0.960. The zero-order chi connectivity index (χ0) is 12.2. The van der Waals surface area contributed by atoms with Gasteiger partial charge in [-0.3, -0.25) is 4.98 Å². The lowest BCUT2D eigenvalue weighted by molar-refractivity contribution is 0.0373. The van der Waals surface area contributed by atoms with E-state index in [9.17, 15) is 4.79 Å². The van der Waals surface area contributed by atoms with Crippen molar-refractivity contribution in [2.45, 2.75) is 19.4 Å². The summed E-state index contributed by atoms with van der Waals surface area (Å²) in [4.78, 5) is 15.4. The van der Waals surface area contributed by atoms with E-state index in [1.54, 1.807) is 26.0 Å². The Bertz CT molecular complexity index is 358. The van der Waals surface area contributed by atoms with E-state index in [2.05, 4.69) is 4.98 Å². The maximum absolute atomic E-state index is 11.6. The SMILES string of the molecule is CC(C)(COC(=O)c1ccncc1)N(Cl)Cl.Cl. The molecular weight excluding hydrogens is 286 g/mol. The third-order valence-electron chi connectivity index (χ3n) is 1.93. The summed E-state index contributed by atoms with van der Waals surface area (Å²) in [5.74, 6) is -0.425. The second-order valence-corrected chi connectivity index (χ2v) is 4.71. The maximum Gasteiger partial charge on any atom is 0.338 e. The Kier molecular flexibility index (Phi) is 6.78. The third kappa shape index (κ3) is 5.08. The minimum atomic E-state index is -0.633. The first-order chi connectivity index (χ1) is 7.43. The van der Waals surface area contributed by atoms with Crippen LogP contribution in [0.2, 0.25) is 0 Å². The number of carbonyl (C=O) groups is 1. The second kappa shape index (κ2) is 7.01. The van der Waals surface area contributed by atoms with Crippen LogP contribution in [-0.4, -0.2) is 27.0 Å². The Morgan fingerprint density at radius 2 is 1.94 bits per heavy atom. The molecule has 4 nitrogen and oxygen atoms in total. The van der Waals surface area contributed by atoms with E-state index in [0.717, 1.165) is 3.94 Å². The van der Waals surface area contributed by atoms with Crippen molar-refractivity contribution in [3.8, 4) is 0 Å². The van der Waals surface area contributed by atoms with Gasteiger partial charge < -0.3 is 4.74 Å². The van der Waals surface area contributed by atoms with Gasteiger partial charge in [0.05, 0.1) is 11.1 Å². The van der Waals surface area contributed by atoms with Crippen LogP contribution in [0.4, 0.5) is 0 Å². The Hall–Kier alpha value is -0.550. The van der Waals surface area contributed by atoms with Gasteiger partial charge in [-0.05, 0) is 49.5 Å². The van der Waals surface area contributed by atoms with Gasteiger partial charge in [-0.25, -0.2) is 4.79 Å². The van der Waals surface area contributed by atoms with Gasteiger partial charge in [0.1, 0.15) is 6.61 Å². The van der Waals surface area contributed by atoms with Gasteiger partial charge in [-0.1, -0.05) is 0 Å². The molecule has 0 aliphatic heterocycles. The highest BCUT2D eigenvalue weighted by Crippen LogP contribution is 2.20. The minimum absolute atomic E-state index is 0. The molecule has 0 saturated carbocycles. The molecule has 0 atom stereocenters. The van der Waals surface area contributed by atoms with Gasteiger partial charge in [-0.2, -0.15) is 0 Å². The summed E-state index contributed by atoms with van der Waals surface area (Å²) in [5, 5.41) is 0. The summed E-state index contributed by atoms with van der Waals surface area (Å²) in [6.45, 7) is 3.61. The fraction of sp³-hybridized carbons (Fsp3) is 0.400. The van der Waals surface area contributed by atoms with Crippen LogP contribution in [-0.2, 0) is 4.74 Å². The normalized spacial score (nSPS) is 10.9. The van der Waals surface area contributed by atoms with Crippen molar-refractivity contribution in [1.29, 1.82) is 0 Å². The fourth-order valence-electron chi connectivity index (χ4n) is 0.862. The number of nitrogens with zero attached hydrogens (tertiary/aromatic N) is 2. The molecule has 0 bridgehead atoms. The second-order valence-electron chi connectivity index (χ2n) is 3.86. The first-order valence-electron chi connectivity index (χ1n) is 4.62. The molecule has 0 unspecified atom stereocenters. The Morgan fingerprint density at radius 3 is 2.41 bits per heavy atom. The molecule has 1 aromatic heterocycles. The summed E-state index contributed by atoms with van der Waals surface area (Å²) >= 11 is 11.2. The van der Waals surface area contributed by atoms with E-state index in [4.69, 9.17) is 28.3 Å². The van der Waals surface area contributed by atoms with E-state index in [0.29, 0.717) is 5.56 Å². The van der Waals surface area contributed by atoms with Crippen LogP contribution in [0.15, 0.2) is 24.5 Å². The van der Waals surface area contributed by atoms with Crippen molar-refractivity contribution in [3.63, 3.8) is 0 Å². The quantitative estimate of drug-likeness (QED) is 0.633. The van der Waals surface area contributed by atoms with Crippen LogP contribution in [0.1, 0.15) is 24.2 Å². The molecule has 17 heavy (non-hydrogen) atoms. The Morgan fingerprint density at radius 1 is 1.41 bits per heavy atom. The van der Waals surface area contributed by atoms with Gasteiger partial charge in [-0.15, -0.1) is 16.3 Å². The zero-order valence-electron chi connectivity index (χ0n) is 9.39. The number of carbonyl (C=O) groups excluding carboxylic acids is 1. The van der Waals surface area contributed by atoms with Crippen molar-refractivity contribution >= 4 is 41.9 Å². The molecule has 1 rings (SSSR count). The number of hydrogen-bond donors (Lipinski definition) is 0. The van der Waals surface area contributed by atoms with Crippen molar-refractivity contribution < 1.29 is 9.53 Å². The van der Waals surface area contributed by atoms with E-state index in [-0.39, 0.29) is 19.0 Å². The smallest absolute Gasteiger partial charge is 0.338 e. The number of pyridine rings is 1. The number of rotatable bonds is 4. The topological polar surface area (TPSA) is 42.4 Å². The monoisotopic (exact) mass is 298 g/mol. The van der Waals surface area contributed by atoms with Crippen molar-refractivity contribution in [2.75, 3.05) is 6.61 Å². The van der Waals surface area contributed by atoms with Crippen LogP contribution < -0.4 is 0 Å². The average Bonchev–Trinajstić information content (AvgIpc) is 2.27. The molecule has 0 aliphatic rings. The lowest BCUT2D eigenvalue weighted by atomic mass is 10.1. The van der Waals surface area contributed by atoms with E-state index in [1.807, 2.05) is 0 Å². The summed E-state index contributed by atoms with van der Waals surface area (Å²) in [6, 6.07) is 3.16. The van der Waals surface area contributed by atoms with Crippen molar-refractivity contribution in [1.82, 2.24) is 8.92 Å². The van der Waals surface area contributed by atoms with Gasteiger partial charge >= 0.3 is 5.97 Å². The average molecular weight is 300 g/mol. The van der Waals surface area contributed by atoms with E-state index >= 15 is 0 Å². The van der Waals surface area contributed by atoms with Crippen LogP contribution in [0.25, 0.3) is 0 Å². The number of halogens is 3. The molecule has 7 heteroatoms. The summed E-state index contributed by atoms with van der Waals surface area (Å²) < 4.78 is 6.04. The predicted octanol–water partition coefficient (Wildman–Crippen LogP) is 3.05. The van der Waals surface area contributed by atoms with Gasteiger partial charge in [0.15, 0.2) is 0 Å². The first kappa shape index (κ1) is 16.4. The van der Waals surface area contributed by atoms with Crippen molar-refractivity contribution in [3.05, 3.63) is 30.1 Å². The molecular formula is C10H13Cl3N2O2. The molecule has 0 N–H and O–H groups in total. The van der Waals surface area contributed by atoms with Crippen LogP contribution in [0, 0.1) is 0 Å². The highest BCUT2D eigenvalue weighted by molar-refractivity contribution is 6.34. The molecule has 0 amide bonds. The molecule has 0 radical (unpaired) electrons. The number of aromatic nitrogens is 1. The molecule has 0 saturated heterocycles. The standard InChI is InChI=1S/C10H12Cl2N2O2.ClH/c1-10(2,14(11)12)7-16-9(15)8-3-5-13-6-4-8;/h3-6H,7H2,1-2H3;1H. The van der Waals surface area contributed by atoms with E-state index < -0.39 is 11.5 Å². The molecule has 0 aromatic carbocycles. The van der Waals surface area contributed by atoms with Crippen LogP contribution in [0.5, 0.6) is 0 Å². The Labute approximate surface area is 116 Å². The molecule has 1 aromatic rings. The zero-order valence-corrected chi connectivity index (χ0v) is 11.7. The van der Waals surface area contributed by atoms with Crippen LogP contribution in [0.3, 0.4) is 0 Å². The molecule has 0 fully saturated rings. The number of esters is 1. The molecule has 0 spiro atoms. The van der Waals surface area contributed by atoms with Crippen LogP contribution >= 0.6 is 36.0 Å². The Balaban J connectivity index is 0.00000256. The summed E-state index contributed by atoms with van der Waals surface area (Å²) in [7, 11) is 0. The number of hydrogen-bond acceptors (Lipinski definition) is 4. The van der Waals surface area contributed by atoms with E-state index in [1.165, 1.54) is 12.4 Å². The molecule has 96 valence electrons. The highest BCUT2D eigenvalue weighted by atomic mass is 35.5. The molecule has 1 heterocycles. The van der Waals surface area contributed by atoms with Gasteiger partial charge in [0, 0.05) is 12.4 Å². The first-order valence-corrected chi connectivity index (χ1v) is 5.30. The predicted molar refractivity (Wildman–Crippen MR) is 69.4 cm³/mol. The summed E-state index contributed by atoms with van der Waals surface area (Å²) in [5.41, 5.74) is -0.187. The summed E-state index contributed by atoms with van der Waals surface area (Å²) in [6.07, 6.45) is 3.05. The van der Waals surface area contributed by atoms with Gasteiger partial charge in [0.2, 0.25) is 0 Å². The lowest BCUT2D eigenvalue weighted by Crippen LogP contribution is -2.37. The van der Waals surface area contributed by atoms with Gasteiger partial charge in [0.25, 0.3) is 0 Å². The highest BCUT2D eigenvalue weighted by Gasteiger charge is 2.26. The minimum Gasteiger partial charge on any atom is -0.460 e. The lowest BCUT2D eigenvalue weighted by Gasteiger charge is -2.26.